The fraction of sp³-hybridized carbons (Fsp3) is 0.778. The fourth-order valence-corrected chi connectivity index (χ4v) is 0.817. The number of hydrogen-bond acceptors (Lipinski definition) is 2. The van der Waals surface area contributed by atoms with Gasteiger partial charge in [0, 0.05) is 6.42 Å². The molecule has 0 aliphatic heterocycles. The number of ketones is 2. The van der Waals surface area contributed by atoms with Gasteiger partial charge >= 0.3 is 22.7 Å². The molecule has 0 fully saturated rings. The van der Waals surface area contributed by atoms with E-state index < -0.39 is 24.2 Å². The molecule has 0 aliphatic carbocycles. The number of alkyl halides is 3. The Morgan fingerprint density at radius 3 is 2.00 bits per heavy atom. The van der Waals surface area contributed by atoms with Gasteiger partial charge < -0.3 is 0 Å². The van der Waals surface area contributed by atoms with Crippen LogP contribution in [0, 0.1) is 5.92 Å². The van der Waals surface area contributed by atoms with Crippen LogP contribution in [0.3, 0.4) is 0 Å². The Kier molecular flexibility index (Phi) is 7.94. The number of rotatable bonds is 5. The van der Waals surface area contributed by atoms with Gasteiger partial charge in [-0.2, -0.15) is 13.2 Å². The third kappa shape index (κ3) is 8.61. The van der Waals surface area contributed by atoms with Gasteiger partial charge in [0.05, 0.1) is 6.42 Å². The van der Waals surface area contributed by atoms with Gasteiger partial charge in [-0.05, 0) is 12.3 Å². The van der Waals surface area contributed by atoms with E-state index in [0.29, 0.717) is 6.42 Å². The van der Waals surface area contributed by atoms with E-state index >= 15 is 0 Å². The molecule has 0 aliphatic rings. The van der Waals surface area contributed by atoms with Crippen molar-refractivity contribution in [3.8, 4) is 0 Å². The summed E-state index contributed by atoms with van der Waals surface area (Å²) < 4.78 is 35.1. The zero-order valence-corrected chi connectivity index (χ0v) is 9.45. The van der Waals surface area contributed by atoms with E-state index in [-0.39, 0.29) is 28.8 Å². The van der Waals surface area contributed by atoms with Crippen molar-refractivity contribution in [2.24, 2.45) is 5.92 Å². The molecule has 0 saturated carbocycles. The van der Waals surface area contributed by atoms with Crippen LogP contribution in [-0.2, 0) is 26.1 Å². The summed E-state index contributed by atoms with van der Waals surface area (Å²) in [7, 11) is 0. The summed E-state index contributed by atoms with van der Waals surface area (Å²) in [6.45, 7) is 3.72. The summed E-state index contributed by atoms with van der Waals surface area (Å²) in [5.74, 6) is -2.34. The van der Waals surface area contributed by atoms with Gasteiger partial charge in [0.25, 0.3) is 0 Å². The fourth-order valence-electron chi connectivity index (χ4n) is 0.817. The third-order valence-corrected chi connectivity index (χ3v) is 1.67. The Bertz CT molecular complexity index is 224. The molecule has 0 heterocycles. The summed E-state index contributed by atoms with van der Waals surface area (Å²) in [4.78, 5) is 21.3. The average molecular weight is 269 g/mol. The first-order valence-corrected chi connectivity index (χ1v) is 4.35. The minimum absolute atomic E-state index is 0. The summed E-state index contributed by atoms with van der Waals surface area (Å²) in [6, 6.07) is 0. The third-order valence-electron chi connectivity index (χ3n) is 1.67. The first kappa shape index (κ1) is 17.0. The number of hydrogen-bond donors (Lipinski definition) is 0. The van der Waals surface area contributed by atoms with Crippen molar-refractivity contribution >= 4 is 11.6 Å². The number of carbonyl (C=O) groups is 2. The number of halogens is 3. The van der Waals surface area contributed by atoms with Gasteiger partial charge in [0.1, 0.15) is 5.78 Å². The van der Waals surface area contributed by atoms with E-state index in [0.717, 1.165) is 0 Å². The molecule has 0 rings (SSSR count). The molecular formula is C9H13F3NiO2+2. The van der Waals surface area contributed by atoms with E-state index in [1.807, 2.05) is 13.8 Å². The second-order valence-electron chi connectivity index (χ2n) is 3.57. The largest absolute Gasteiger partial charge is 2.00 e. The van der Waals surface area contributed by atoms with Crippen LogP contribution in [0.15, 0.2) is 0 Å². The maximum Gasteiger partial charge on any atom is 2.00 e. The Hall–Kier alpha value is -0.376. The van der Waals surface area contributed by atoms with Gasteiger partial charge in [-0.25, -0.2) is 0 Å². The zero-order chi connectivity index (χ0) is 11.4. The molecule has 0 unspecified atom stereocenters. The second-order valence-corrected chi connectivity index (χ2v) is 3.57. The van der Waals surface area contributed by atoms with E-state index in [2.05, 4.69) is 0 Å². The Morgan fingerprint density at radius 1 is 1.20 bits per heavy atom. The van der Waals surface area contributed by atoms with Crippen LogP contribution in [0.4, 0.5) is 13.2 Å². The first-order chi connectivity index (χ1) is 6.23. The maximum atomic E-state index is 11.7. The Labute approximate surface area is 96.5 Å². The van der Waals surface area contributed by atoms with Crippen molar-refractivity contribution in [1.29, 1.82) is 0 Å². The topological polar surface area (TPSA) is 34.1 Å². The molecule has 0 amide bonds. The molecule has 6 heteroatoms. The molecule has 0 atom stereocenters. The van der Waals surface area contributed by atoms with E-state index in [4.69, 9.17) is 0 Å². The van der Waals surface area contributed by atoms with Gasteiger partial charge in [0.15, 0.2) is 0 Å². The monoisotopic (exact) mass is 268 g/mol. The van der Waals surface area contributed by atoms with Gasteiger partial charge in [-0.3, -0.25) is 9.59 Å². The van der Waals surface area contributed by atoms with Gasteiger partial charge in [-0.1, -0.05) is 13.8 Å². The van der Waals surface area contributed by atoms with Crippen molar-refractivity contribution in [2.75, 3.05) is 0 Å². The molecule has 90 valence electrons. The van der Waals surface area contributed by atoms with Gasteiger partial charge in [-0.15, -0.1) is 0 Å². The van der Waals surface area contributed by atoms with Crippen LogP contribution in [-0.4, -0.2) is 17.7 Å². The summed E-state index contributed by atoms with van der Waals surface area (Å²) in [5, 5.41) is 0. The van der Waals surface area contributed by atoms with Crippen molar-refractivity contribution in [1.82, 2.24) is 0 Å². The average Bonchev–Trinajstić information content (AvgIpc) is 1.99. The smallest absolute Gasteiger partial charge is 0.299 e. The van der Waals surface area contributed by atoms with E-state index in [1.165, 1.54) is 0 Å². The molecule has 0 saturated heterocycles. The van der Waals surface area contributed by atoms with Crippen LogP contribution in [0.1, 0.15) is 33.1 Å². The number of Topliss-reactive ketones (excluding diaryl/α,β-unsaturated/α-hetero) is 2. The minimum atomic E-state index is -4.88. The molecular weight excluding hydrogens is 256 g/mol. The molecule has 0 aromatic carbocycles. The summed E-state index contributed by atoms with van der Waals surface area (Å²) >= 11 is 0. The minimum Gasteiger partial charge on any atom is -0.299 e. The summed E-state index contributed by atoms with van der Waals surface area (Å²) in [6.07, 6.45) is -5.34. The number of carbonyl (C=O) groups excluding carboxylic acids is 2. The molecule has 0 N–H and O–H groups in total. The van der Waals surface area contributed by atoms with E-state index in [9.17, 15) is 22.8 Å². The Morgan fingerprint density at radius 2 is 1.67 bits per heavy atom. The molecule has 0 radical (unpaired) electrons. The van der Waals surface area contributed by atoms with Crippen molar-refractivity contribution in [2.45, 2.75) is 39.3 Å². The first-order valence-electron chi connectivity index (χ1n) is 4.35. The van der Waals surface area contributed by atoms with Crippen LogP contribution in [0.25, 0.3) is 0 Å². The van der Waals surface area contributed by atoms with E-state index in [1.54, 1.807) is 0 Å². The van der Waals surface area contributed by atoms with Crippen LogP contribution < -0.4 is 0 Å². The normalized spacial score (nSPS) is 11.1. The van der Waals surface area contributed by atoms with Crippen molar-refractivity contribution < 1.29 is 39.3 Å². The summed E-state index contributed by atoms with van der Waals surface area (Å²) in [5.41, 5.74) is 0. The molecule has 0 bridgehead atoms. The quantitative estimate of drug-likeness (QED) is 0.567. The predicted octanol–water partition coefficient (Wildman–Crippen LogP) is 2.51. The molecule has 0 spiro atoms. The standard InChI is InChI=1S/C9H13F3O2.Ni/c1-6(2)3-4-7(13)5-8(14)9(10,11)12;/h6H,3-5H2,1-2H3;/q;+2. The molecule has 15 heavy (non-hydrogen) atoms. The van der Waals surface area contributed by atoms with Gasteiger partial charge in [0.2, 0.25) is 5.78 Å². The maximum absolute atomic E-state index is 11.7. The molecule has 0 aromatic rings. The molecule has 2 nitrogen and oxygen atoms in total. The Balaban J connectivity index is 0. The van der Waals surface area contributed by atoms with Crippen LogP contribution >= 0.6 is 0 Å². The SMILES string of the molecule is CC(C)CCC(=O)CC(=O)C(F)(F)F.[Ni+2]. The zero-order valence-electron chi connectivity index (χ0n) is 8.47. The van der Waals surface area contributed by atoms with Crippen LogP contribution in [0.5, 0.6) is 0 Å². The van der Waals surface area contributed by atoms with Crippen molar-refractivity contribution in [3.05, 3.63) is 0 Å². The van der Waals surface area contributed by atoms with Crippen LogP contribution in [0.2, 0.25) is 0 Å². The molecule has 0 aromatic heterocycles. The van der Waals surface area contributed by atoms with Crippen molar-refractivity contribution in [3.63, 3.8) is 0 Å². The predicted molar refractivity (Wildman–Crippen MR) is 44.8 cm³/mol. The second kappa shape index (κ2) is 6.99.